The van der Waals surface area contributed by atoms with Crippen molar-refractivity contribution >= 4 is 11.3 Å². The third kappa shape index (κ3) is 3.37. The molecule has 0 bridgehead atoms. The Morgan fingerprint density at radius 2 is 2.10 bits per heavy atom. The molecule has 2 aromatic rings. The molecule has 110 valence electrons. The minimum absolute atomic E-state index is 0.108. The van der Waals surface area contributed by atoms with Gasteiger partial charge in [0.2, 0.25) is 0 Å². The zero-order chi connectivity index (χ0) is 14.9. The summed E-state index contributed by atoms with van der Waals surface area (Å²) < 4.78 is 40.5. The van der Waals surface area contributed by atoms with Gasteiger partial charge in [-0.2, -0.15) is 18.3 Å². The molecule has 2 heterocycles. The smallest absolute Gasteiger partial charge is 0.310 e. The first-order valence-corrected chi connectivity index (χ1v) is 6.89. The van der Waals surface area contributed by atoms with E-state index >= 15 is 0 Å². The van der Waals surface area contributed by atoms with Crippen LogP contribution >= 0.6 is 11.3 Å². The predicted octanol–water partition coefficient (Wildman–Crippen LogP) is 3.06. The Bertz CT molecular complexity index is 586. The van der Waals surface area contributed by atoms with Crippen LogP contribution in [0.25, 0.3) is 10.7 Å². The molecule has 0 amide bonds. The molecule has 8 heteroatoms. The largest absolute Gasteiger partial charge is 0.434 e. The normalized spacial score (nSPS) is 12.3. The molecule has 0 aliphatic heterocycles. The molecule has 0 spiro atoms. The maximum absolute atomic E-state index is 13.0. The lowest BCUT2D eigenvalue weighted by atomic mass is 10.3. The molecule has 2 aromatic heterocycles. The van der Waals surface area contributed by atoms with Crippen molar-refractivity contribution < 1.29 is 13.2 Å². The van der Waals surface area contributed by atoms with Gasteiger partial charge in [-0.15, -0.1) is 11.3 Å². The molecule has 20 heavy (non-hydrogen) atoms. The number of nitrogens with one attached hydrogen (secondary N) is 1. The minimum Gasteiger partial charge on any atom is -0.310 e. The average molecular weight is 304 g/mol. The fraction of sp³-hybridized carbons (Fsp3) is 0.500. The van der Waals surface area contributed by atoms with E-state index in [1.807, 2.05) is 13.8 Å². The predicted molar refractivity (Wildman–Crippen MR) is 71.3 cm³/mol. The number of rotatable bonds is 4. The summed E-state index contributed by atoms with van der Waals surface area (Å²) in [5.74, 6) is 0. The van der Waals surface area contributed by atoms with Gasteiger partial charge in [-0.1, -0.05) is 13.8 Å². The van der Waals surface area contributed by atoms with Gasteiger partial charge in [-0.05, 0) is 6.07 Å². The number of nitrogens with zero attached hydrogens (tertiary/aromatic N) is 3. The number of alkyl halides is 3. The first-order valence-electron chi connectivity index (χ1n) is 6.07. The summed E-state index contributed by atoms with van der Waals surface area (Å²) in [7, 11) is 1.71. The minimum atomic E-state index is -4.45. The second kappa shape index (κ2) is 5.53. The average Bonchev–Trinajstić information content (AvgIpc) is 2.91. The number of thiazole rings is 1. The van der Waals surface area contributed by atoms with Crippen LogP contribution in [0.1, 0.15) is 24.4 Å². The Labute approximate surface area is 118 Å². The quantitative estimate of drug-likeness (QED) is 0.944. The highest BCUT2D eigenvalue weighted by Crippen LogP contribution is 2.37. The third-order valence-electron chi connectivity index (χ3n) is 2.57. The van der Waals surface area contributed by atoms with Gasteiger partial charge < -0.3 is 5.32 Å². The summed E-state index contributed by atoms with van der Waals surface area (Å²) in [4.78, 5) is 3.91. The van der Waals surface area contributed by atoms with Gasteiger partial charge in [0.05, 0.1) is 4.88 Å². The van der Waals surface area contributed by atoms with Crippen molar-refractivity contribution in [3.63, 3.8) is 0 Å². The van der Waals surface area contributed by atoms with E-state index in [4.69, 9.17) is 0 Å². The van der Waals surface area contributed by atoms with E-state index in [1.54, 1.807) is 19.3 Å². The number of hydrogen-bond acceptors (Lipinski definition) is 4. The Kier molecular flexibility index (Phi) is 4.14. The second-order valence-electron chi connectivity index (χ2n) is 4.70. The number of hydrogen-bond donors (Lipinski definition) is 1. The fourth-order valence-corrected chi connectivity index (χ4v) is 2.63. The van der Waals surface area contributed by atoms with Crippen LogP contribution in [-0.2, 0) is 19.8 Å². The van der Waals surface area contributed by atoms with Gasteiger partial charge in [0.25, 0.3) is 0 Å². The van der Waals surface area contributed by atoms with Crippen molar-refractivity contribution in [3.05, 3.63) is 22.8 Å². The molecule has 0 radical (unpaired) electrons. The zero-order valence-electron chi connectivity index (χ0n) is 11.3. The van der Waals surface area contributed by atoms with Crippen molar-refractivity contribution in [2.24, 2.45) is 7.05 Å². The van der Waals surface area contributed by atoms with Gasteiger partial charge in [0.1, 0.15) is 10.7 Å². The van der Waals surface area contributed by atoms with E-state index in [9.17, 15) is 13.2 Å². The SMILES string of the molecule is CC(C)NCc1sc(-c2ccn(C)n2)nc1C(F)(F)F. The highest BCUT2D eigenvalue weighted by atomic mass is 32.1. The molecule has 0 aliphatic rings. The van der Waals surface area contributed by atoms with Crippen LogP contribution in [0.3, 0.4) is 0 Å². The lowest BCUT2D eigenvalue weighted by Crippen LogP contribution is -2.23. The number of halogens is 3. The van der Waals surface area contributed by atoms with Crippen molar-refractivity contribution in [2.45, 2.75) is 32.6 Å². The molecule has 0 aliphatic carbocycles. The Balaban J connectivity index is 2.36. The molecule has 0 aromatic carbocycles. The molecule has 2 rings (SSSR count). The molecular formula is C12H15F3N4S. The number of aryl methyl sites for hydroxylation is 1. The topological polar surface area (TPSA) is 42.7 Å². The maximum Gasteiger partial charge on any atom is 0.434 e. The second-order valence-corrected chi connectivity index (χ2v) is 5.78. The molecule has 4 nitrogen and oxygen atoms in total. The fourth-order valence-electron chi connectivity index (χ4n) is 1.63. The van der Waals surface area contributed by atoms with E-state index in [0.29, 0.717) is 10.7 Å². The van der Waals surface area contributed by atoms with Crippen molar-refractivity contribution in [1.82, 2.24) is 20.1 Å². The lowest BCUT2D eigenvalue weighted by molar-refractivity contribution is -0.141. The van der Waals surface area contributed by atoms with Crippen LogP contribution in [0.15, 0.2) is 12.3 Å². The molecule has 0 fully saturated rings. The van der Waals surface area contributed by atoms with E-state index < -0.39 is 11.9 Å². The third-order valence-corrected chi connectivity index (χ3v) is 3.65. The van der Waals surface area contributed by atoms with Crippen LogP contribution in [0.2, 0.25) is 0 Å². The highest BCUT2D eigenvalue weighted by molar-refractivity contribution is 7.15. The van der Waals surface area contributed by atoms with Gasteiger partial charge in [-0.3, -0.25) is 4.68 Å². The van der Waals surface area contributed by atoms with E-state index in [1.165, 1.54) is 4.68 Å². The summed E-state index contributed by atoms with van der Waals surface area (Å²) in [6, 6.07) is 1.76. The summed E-state index contributed by atoms with van der Waals surface area (Å²) in [5, 5.41) is 7.37. The molecule has 0 saturated carbocycles. The summed E-state index contributed by atoms with van der Waals surface area (Å²) in [6.45, 7) is 3.92. The van der Waals surface area contributed by atoms with Crippen molar-refractivity contribution in [2.75, 3.05) is 0 Å². The van der Waals surface area contributed by atoms with Crippen LogP contribution in [0, 0.1) is 0 Å². The first-order chi connectivity index (χ1) is 9.27. The Morgan fingerprint density at radius 3 is 2.60 bits per heavy atom. The standard InChI is InChI=1S/C12H15F3N4S/c1-7(2)16-6-9-10(12(13,14)15)17-11(20-9)8-4-5-19(3)18-8/h4-5,7,16H,6H2,1-3H3. The van der Waals surface area contributed by atoms with Gasteiger partial charge in [0.15, 0.2) is 5.69 Å². The molecule has 0 saturated heterocycles. The van der Waals surface area contributed by atoms with Crippen LogP contribution in [-0.4, -0.2) is 20.8 Å². The van der Waals surface area contributed by atoms with Crippen LogP contribution in [0.4, 0.5) is 13.2 Å². The first kappa shape index (κ1) is 15.0. The van der Waals surface area contributed by atoms with Crippen molar-refractivity contribution in [1.29, 1.82) is 0 Å². The van der Waals surface area contributed by atoms with Crippen LogP contribution < -0.4 is 5.32 Å². The van der Waals surface area contributed by atoms with Gasteiger partial charge in [0, 0.05) is 25.8 Å². The zero-order valence-corrected chi connectivity index (χ0v) is 12.1. The summed E-state index contributed by atoms with van der Waals surface area (Å²) in [5.41, 5.74) is -0.366. The summed E-state index contributed by atoms with van der Waals surface area (Å²) >= 11 is 1.03. The molecular weight excluding hydrogens is 289 g/mol. The monoisotopic (exact) mass is 304 g/mol. The molecule has 0 atom stereocenters. The lowest BCUT2D eigenvalue weighted by Gasteiger charge is -2.09. The highest BCUT2D eigenvalue weighted by Gasteiger charge is 2.37. The number of aromatic nitrogens is 3. The maximum atomic E-state index is 13.0. The molecule has 1 N–H and O–H groups in total. The Morgan fingerprint density at radius 1 is 1.40 bits per heavy atom. The Hall–Kier alpha value is -1.41. The molecule has 0 unspecified atom stereocenters. The summed E-state index contributed by atoms with van der Waals surface area (Å²) in [6.07, 6.45) is -2.77. The van der Waals surface area contributed by atoms with E-state index in [0.717, 1.165) is 11.3 Å². The van der Waals surface area contributed by atoms with Crippen molar-refractivity contribution in [3.8, 4) is 10.7 Å². The van der Waals surface area contributed by atoms with Gasteiger partial charge in [-0.25, -0.2) is 4.98 Å². The van der Waals surface area contributed by atoms with E-state index in [-0.39, 0.29) is 17.5 Å². The van der Waals surface area contributed by atoms with Gasteiger partial charge >= 0.3 is 6.18 Å². The van der Waals surface area contributed by atoms with E-state index in [2.05, 4.69) is 15.4 Å². The van der Waals surface area contributed by atoms with Crippen LogP contribution in [0.5, 0.6) is 0 Å².